The van der Waals surface area contributed by atoms with Crippen molar-refractivity contribution in [2.24, 2.45) is 0 Å². The minimum atomic E-state index is -0.306. The van der Waals surface area contributed by atoms with Crippen molar-refractivity contribution in [2.45, 2.75) is 32.7 Å². The molecule has 0 bridgehead atoms. The summed E-state index contributed by atoms with van der Waals surface area (Å²) in [7, 11) is 0. The van der Waals surface area contributed by atoms with Crippen molar-refractivity contribution in [3.63, 3.8) is 0 Å². The first-order chi connectivity index (χ1) is 10.6. The van der Waals surface area contributed by atoms with E-state index in [1.807, 2.05) is 4.90 Å². The molecule has 2 saturated heterocycles. The lowest BCUT2D eigenvalue weighted by Crippen LogP contribution is -2.53. The molecule has 22 heavy (non-hydrogen) atoms. The molecule has 2 aliphatic heterocycles. The monoisotopic (exact) mass is 301 g/mol. The van der Waals surface area contributed by atoms with E-state index in [2.05, 4.69) is 42.3 Å². The van der Waals surface area contributed by atoms with Gasteiger partial charge in [-0.2, -0.15) is 0 Å². The molecular weight excluding hydrogens is 278 g/mol. The van der Waals surface area contributed by atoms with Crippen molar-refractivity contribution >= 4 is 17.5 Å². The average molecular weight is 301 g/mol. The van der Waals surface area contributed by atoms with Crippen LogP contribution in [0.3, 0.4) is 0 Å². The molecule has 2 heterocycles. The second kappa shape index (κ2) is 5.99. The molecule has 0 spiro atoms. The van der Waals surface area contributed by atoms with Gasteiger partial charge >= 0.3 is 0 Å². The number of amides is 2. The number of rotatable bonds is 2. The van der Waals surface area contributed by atoms with Gasteiger partial charge in [-0.25, -0.2) is 0 Å². The van der Waals surface area contributed by atoms with Gasteiger partial charge in [0, 0.05) is 38.3 Å². The smallest absolute Gasteiger partial charge is 0.245 e. The molecule has 0 aromatic heterocycles. The predicted octanol–water partition coefficient (Wildman–Crippen LogP) is 1.23. The normalized spacial score (nSPS) is 21.9. The number of aryl methyl sites for hydroxylation is 1. The van der Waals surface area contributed by atoms with Gasteiger partial charge in [-0.3, -0.25) is 9.59 Å². The molecule has 1 aromatic rings. The van der Waals surface area contributed by atoms with Crippen LogP contribution in [-0.2, 0) is 9.59 Å². The maximum atomic E-state index is 12.4. The lowest BCUT2D eigenvalue weighted by molar-refractivity contribution is -0.134. The van der Waals surface area contributed by atoms with Gasteiger partial charge in [-0.1, -0.05) is 12.1 Å². The van der Waals surface area contributed by atoms with Crippen LogP contribution in [0, 0.1) is 13.8 Å². The van der Waals surface area contributed by atoms with Crippen molar-refractivity contribution in [1.29, 1.82) is 0 Å². The molecule has 1 N–H and O–H groups in total. The lowest BCUT2D eigenvalue weighted by Gasteiger charge is -2.38. The standard InChI is InChI=1S/C17H23N3O2/c1-12-4-3-5-15(13(12)2)19-8-10-20(11-9-19)17(22)14-6-7-16(21)18-14/h3-5,14H,6-11H2,1-2H3,(H,18,21). The van der Waals surface area contributed by atoms with Crippen LogP contribution in [-0.4, -0.2) is 48.9 Å². The van der Waals surface area contributed by atoms with Gasteiger partial charge < -0.3 is 15.1 Å². The second-order valence-corrected chi connectivity index (χ2v) is 6.19. The summed E-state index contributed by atoms with van der Waals surface area (Å²) in [6.07, 6.45) is 1.10. The van der Waals surface area contributed by atoms with Crippen LogP contribution in [0.15, 0.2) is 18.2 Å². The van der Waals surface area contributed by atoms with Crippen LogP contribution < -0.4 is 10.2 Å². The average Bonchev–Trinajstić information content (AvgIpc) is 2.96. The lowest BCUT2D eigenvalue weighted by atomic mass is 10.1. The Morgan fingerprint density at radius 1 is 1.18 bits per heavy atom. The van der Waals surface area contributed by atoms with Gasteiger partial charge in [0.15, 0.2) is 0 Å². The number of carbonyl (C=O) groups excluding carboxylic acids is 2. The first kappa shape index (κ1) is 14.9. The molecule has 2 amide bonds. The van der Waals surface area contributed by atoms with E-state index in [1.54, 1.807) is 0 Å². The molecule has 1 aromatic carbocycles. The number of nitrogens with one attached hydrogen (secondary N) is 1. The highest BCUT2D eigenvalue weighted by Gasteiger charge is 2.32. The molecule has 0 radical (unpaired) electrons. The summed E-state index contributed by atoms with van der Waals surface area (Å²) in [5.41, 5.74) is 3.87. The van der Waals surface area contributed by atoms with Crippen LogP contribution in [0.1, 0.15) is 24.0 Å². The van der Waals surface area contributed by atoms with Gasteiger partial charge in [0.1, 0.15) is 6.04 Å². The third kappa shape index (κ3) is 2.80. The van der Waals surface area contributed by atoms with E-state index in [0.29, 0.717) is 12.8 Å². The van der Waals surface area contributed by atoms with Gasteiger partial charge in [0.05, 0.1) is 0 Å². The molecule has 2 fully saturated rings. The van der Waals surface area contributed by atoms with Crippen LogP contribution in [0.25, 0.3) is 0 Å². The topological polar surface area (TPSA) is 52.7 Å². The van der Waals surface area contributed by atoms with E-state index in [9.17, 15) is 9.59 Å². The van der Waals surface area contributed by atoms with Crippen molar-refractivity contribution in [3.8, 4) is 0 Å². The highest BCUT2D eigenvalue weighted by atomic mass is 16.2. The summed E-state index contributed by atoms with van der Waals surface area (Å²) < 4.78 is 0. The third-order valence-electron chi connectivity index (χ3n) is 4.80. The summed E-state index contributed by atoms with van der Waals surface area (Å²) >= 11 is 0. The summed E-state index contributed by atoms with van der Waals surface area (Å²) in [5, 5.41) is 2.77. The fraction of sp³-hybridized carbons (Fsp3) is 0.529. The van der Waals surface area contributed by atoms with E-state index in [-0.39, 0.29) is 17.9 Å². The van der Waals surface area contributed by atoms with Crippen molar-refractivity contribution in [2.75, 3.05) is 31.1 Å². The maximum absolute atomic E-state index is 12.4. The maximum Gasteiger partial charge on any atom is 0.245 e. The highest BCUT2D eigenvalue weighted by Crippen LogP contribution is 2.24. The Morgan fingerprint density at radius 3 is 2.55 bits per heavy atom. The Bertz CT molecular complexity index is 592. The van der Waals surface area contributed by atoms with E-state index >= 15 is 0 Å². The Labute approximate surface area is 131 Å². The van der Waals surface area contributed by atoms with E-state index < -0.39 is 0 Å². The number of hydrogen-bond acceptors (Lipinski definition) is 3. The van der Waals surface area contributed by atoms with Gasteiger partial charge in [0.25, 0.3) is 0 Å². The van der Waals surface area contributed by atoms with Gasteiger partial charge in [-0.15, -0.1) is 0 Å². The number of benzene rings is 1. The van der Waals surface area contributed by atoms with Gasteiger partial charge in [-0.05, 0) is 37.5 Å². The van der Waals surface area contributed by atoms with Crippen molar-refractivity contribution in [1.82, 2.24) is 10.2 Å². The fourth-order valence-electron chi connectivity index (χ4n) is 3.27. The predicted molar refractivity (Wildman–Crippen MR) is 85.9 cm³/mol. The number of carbonyl (C=O) groups is 2. The fourth-order valence-corrected chi connectivity index (χ4v) is 3.27. The Hall–Kier alpha value is -2.04. The molecule has 118 valence electrons. The first-order valence-electron chi connectivity index (χ1n) is 7.95. The van der Waals surface area contributed by atoms with Crippen LogP contribution in [0.5, 0.6) is 0 Å². The van der Waals surface area contributed by atoms with Crippen molar-refractivity contribution < 1.29 is 9.59 Å². The minimum Gasteiger partial charge on any atom is -0.368 e. The second-order valence-electron chi connectivity index (χ2n) is 6.19. The van der Waals surface area contributed by atoms with Crippen LogP contribution >= 0.6 is 0 Å². The number of piperazine rings is 1. The summed E-state index contributed by atoms with van der Waals surface area (Å²) in [4.78, 5) is 27.9. The number of nitrogens with zero attached hydrogens (tertiary/aromatic N) is 2. The molecule has 0 aliphatic carbocycles. The zero-order valence-electron chi connectivity index (χ0n) is 13.3. The number of hydrogen-bond donors (Lipinski definition) is 1. The number of anilines is 1. The molecule has 5 heteroatoms. The largest absolute Gasteiger partial charge is 0.368 e. The highest BCUT2D eigenvalue weighted by molar-refractivity contribution is 5.91. The Morgan fingerprint density at radius 2 is 1.91 bits per heavy atom. The van der Waals surface area contributed by atoms with Crippen molar-refractivity contribution in [3.05, 3.63) is 29.3 Å². The molecular formula is C17H23N3O2. The molecule has 1 unspecified atom stereocenters. The minimum absolute atomic E-state index is 0.00706. The van der Waals surface area contributed by atoms with Crippen LogP contribution in [0.2, 0.25) is 0 Å². The van der Waals surface area contributed by atoms with Gasteiger partial charge in [0.2, 0.25) is 11.8 Å². The first-order valence-corrected chi connectivity index (χ1v) is 7.95. The summed E-state index contributed by atoms with van der Waals surface area (Å²) in [6.45, 7) is 7.40. The van der Waals surface area contributed by atoms with E-state index in [0.717, 1.165) is 26.2 Å². The van der Waals surface area contributed by atoms with Crippen LogP contribution in [0.4, 0.5) is 5.69 Å². The molecule has 1 atom stereocenters. The third-order valence-corrected chi connectivity index (χ3v) is 4.80. The zero-order valence-corrected chi connectivity index (χ0v) is 13.3. The SMILES string of the molecule is Cc1cccc(N2CCN(C(=O)C3CCC(=O)N3)CC2)c1C. The molecule has 3 rings (SSSR count). The molecule has 0 saturated carbocycles. The molecule has 5 nitrogen and oxygen atoms in total. The van der Waals surface area contributed by atoms with E-state index in [1.165, 1.54) is 16.8 Å². The zero-order chi connectivity index (χ0) is 15.7. The quantitative estimate of drug-likeness (QED) is 0.894. The Kier molecular flexibility index (Phi) is 4.05. The molecule has 2 aliphatic rings. The van der Waals surface area contributed by atoms with E-state index in [4.69, 9.17) is 0 Å². The Balaban J connectivity index is 1.62. The summed E-state index contributed by atoms with van der Waals surface area (Å²) in [6, 6.07) is 6.06. The summed E-state index contributed by atoms with van der Waals surface area (Å²) in [5.74, 6) is 0.0684.